The summed E-state index contributed by atoms with van der Waals surface area (Å²) in [4.78, 5) is 25.6. The molecule has 0 spiro atoms. The maximum absolute atomic E-state index is 11.9. The normalized spacial score (nSPS) is 15.7. The highest BCUT2D eigenvalue weighted by Crippen LogP contribution is 2.21. The van der Waals surface area contributed by atoms with Crippen molar-refractivity contribution in [2.75, 3.05) is 20.1 Å². The third-order valence-corrected chi connectivity index (χ3v) is 4.81. The standard InChI is InChI=1S/C14H20N2O3S/c1-16(10-4-2-3-5-10)9-8-15-13(17)11-6-7-12(20-11)14(18)19/h6-7,10H,2-5,8-9H2,1H3,(H,15,17)(H,18,19). The van der Waals surface area contributed by atoms with Gasteiger partial charge in [0.2, 0.25) is 0 Å². The first-order chi connectivity index (χ1) is 9.58. The number of amides is 1. The molecule has 1 saturated carbocycles. The highest BCUT2D eigenvalue weighted by Gasteiger charge is 2.19. The van der Waals surface area contributed by atoms with Crippen molar-refractivity contribution in [2.45, 2.75) is 31.7 Å². The summed E-state index contributed by atoms with van der Waals surface area (Å²) < 4.78 is 0. The van der Waals surface area contributed by atoms with E-state index in [9.17, 15) is 9.59 Å². The second-order valence-corrected chi connectivity index (χ2v) is 6.23. The number of hydrogen-bond donors (Lipinski definition) is 2. The number of carbonyl (C=O) groups excluding carboxylic acids is 1. The molecular formula is C14H20N2O3S. The van der Waals surface area contributed by atoms with Crippen molar-refractivity contribution in [2.24, 2.45) is 0 Å². The Morgan fingerprint density at radius 1 is 1.35 bits per heavy atom. The number of likely N-dealkylation sites (N-methyl/N-ethyl adjacent to an activating group) is 1. The molecule has 2 rings (SSSR count). The topological polar surface area (TPSA) is 69.6 Å². The molecule has 5 nitrogen and oxygen atoms in total. The Balaban J connectivity index is 1.75. The Morgan fingerprint density at radius 3 is 2.60 bits per heavy atom. The van der Waals surface area contributed by atoms with Gasteiger partial charge in [-0.1, -0.05) is 12.8 Å². The predicted molar refractivity (Wildman–Crippen MR) is 78.5 cm³/mol. The molecule has 0 atom stereocenters. The van der Waals surface area contributed by atoms with Gasteiger partial charge in [0.05, 0.1) is 4.88 Å². The Hall–Kier alpha value is -1.40. The third-order valence-electron chi connectivity index (χ3n) is 3.74. The summed E-state index contributed by atoms with van der Waals surface area (Å²) in [7, 11) is 2.09. The highest BCUT2D eigenvalue weighted by atomic mass is 32.1. The molecule has 1 amide bonds. The lowest BCUT2D eigenvalue weighted by Crippen LogP contribution is -2.37. The molecule has 1 aliphatic carbocycles. The first-order valence-electron chi connectivity index (χ1n) is 6.89. The van der Waals surface area contributed by atoms with Crippen molar-refractivity contribution in [3.8, 4) is 0 Å². The fraction of sp³-hybridized carbons (Fsp3) is 0.571. The average Bonchev–Trinajstić information content (AvgIpc) is 3.09. The second-order valence-electron chi connectivity index (χ2n) is 5.14. The van der Waals surface area contributed by atoms with Crippen LogP contribution in [0, 0.1) is 0 Å². The monoisotopic (exact) mass is 296 g/mol. The van der Waals surface area contributed by atoms with Crippen molar-refractivity contribution in [3.05, 3.63) is 21.9 Å². The van der Waals surface area contributed by atoms with Crippen molar-refractivity contribution in [3.63, 3.8) is 0 Å². The summed E-state index contributed by atoms with van der Waals surface area (Å²) in [6.07, 6.45) is 5.09. The van der Waals surface area contributed by atoms with Crippen LogP contribution in [0.1, 0.15) is 45.0 Å². The number of nitrogens with one attached hydrogen (secondary N) is 1. The van der Waals surface area contributed by atoms with Crippen LogP contribution in [-0.2, 0) is 0 Å². The van der Waals surface area contributed by atoms with Crippen LogP contribution in [0.2, 0.25) is 0 Å². The molecule has 6 heteroatoms. The molecule has 0 radical (unpaired) electrons. The maximum Gasteiger partial charge on any atom is 0.345 e. The number of carboxylic acids is 1. The maximum atomic E-state index is 11.9. The molecule has 110 valence electrons. The SMILES string of the molecule is CN(CCNC(=O)c1ccc(C(=O)O)s1)C1CCCC1. The van der Waals surface area contributed by atoms with E-state index in [2.05, 4.69) is 17.3 Å². The molecule has 0 bridgehead atoms. The summed E-state index contributed by atoms with van der Waals surface area (Å²) in [6.45, 7) is 1.42. The second kappa shape index (κ2) is 6.85. The van der Waals surface area contributed by atoms with Crippen LogP contribution >= 0.6 is 11.3 Å². The van der Waals surface area contributed by atoms with Crippen LogP contribution in [-0.4, -0.2) is 48.1 Å². The van der Waals surface area contributed by atoms with Gasteiger partial charge in [-0.2, -0.15) is 0 Å². The van der Waals surface area contributed by atoms with Crippen LogP contribution in [0.5, 0.6) is 0 Å². The van der Waals surface area contributed by atoms with Crippen molar-refractivity contribution in [1.82, 2.24) is 10.2 Å². The molecule has 2 N–H and O–H groups in total. The number of carbonyl (C=O) groups is 2. The van der Waals surface area contributed by atoms with Gasteiger partial charge in [0, 0.05) is 19.1 Å². The third kappa shape index (κ3) is 3.80. The summed E-state index contributed by atoms with van der Waals surface area (Å²) >= 11 is 1.01. The summed E-state index contributed by atoms with van der Waals surface area (Å²) in [5.41, 5.74) is 0. The Labute approximate surface area is 122 Å². The Kier molecular flexibility index (Phi) is 5.14. The lowest BCUT2D eigenvalue weighted by molar-refractivity contribution is 0.0702. The molecule has 0 aliphatic heterocycles. The fourth-order valence-corrected chi connectivity index (χ4v) is 3.30. The predicted octanol–water partition coefficient (Wildman–Crippen LogP) is 2.05. The van der Waals surface area contributed by atoms with Gasteiger partial charge >= 0.3 is 5.97 Å². The smallest absolute Gasteiger partial charge is 0.345 e. The minimum Gasteiger partial charge on any atom is -0.477 e. The van der Waals surface area contributed by atoms with E-state index in [0.29, 0.717) is 17.5 Å². The molecule has 0 saturated heterocycles. The van der Waals surface area contributed by atoms with Crippen molar-refractivity contribution in [1.29, 1.82) is 0 Å². The fourth-order valence-electron chi connectivity index (χ4n) is 2.54. The van der Waals surface area contributed by atoms with Gasteiger partial charge in [0.25, 0.3) is 5.91 Å². The van der Waals surface area contributed by atoms with Crippen LogP contribution in [0.3, 0.4) is 0 Å². The Morgan fingerprint density at radius 2 is 2.00 bits per heavy atom. The number of thiophene rings is 1. The number of carboxylic acid groups (broad SMARTS) is 1. The van der Waals surface area contributed by atoms with Gasteiger partial charge in [0.15, 0.2) is 0 Å². The van der Waals surface area contributed by atoms with Crippen LogP contribution in [0.4, 0.5) is 0 Å². The van der Waals surface area contributed by atoms with Crippen LogP contribution in [0.25, 0.3) is 0 Å². The zero-order valence-corrected chi connectivity index (χ0v) is 12.4. The molecule has 0 unspecified atom stereocenters. The van der Waals surface area contributed by atoms with Crippen LogP contribution in [0.15, 0.2) is 12.1 Å². The number of aromatic carboxylic acids is 1. The van der Waals surface area contributed by atoms with Gasteiger partial charge in [-0.25, -0.2) is 4.79 Å². The largest absolute Gasteiger partial charge is 0.477 e. The van der Waals surface area contributed by atoms with E-state index in [1.54, 1.807) is 6.07 Å². The first-order valence-corrected chi connectivity index (χ1v) is 7.71. The van der Waals surface area contributed by atoms with Crippen molar-refractivity contribution >= 4 is 23.2 Å². The molecule has 1 heterocycles. The molecular weight excluding hydrogens is 276 g/mol. The van der Waals surface area contributed by atoms with Gasteiger partial charge in [-0.15, -0.1) is 11.3 Å². The highest BCUT2D eigenvalue weighted by molar-refractivity contribution is 7.15. The number of hydrogen-bond acceptors (Lipinski definition) is 4. The molecule has 20 heavy (non-hydrogen) atoms. The number of rotatable bonds is 6. The van der Waals surface area contributed by atoms with Crippen molar-refractivity contribution < 1.29 is 14.7 Å². The summed E-state index contributed by atoms with van der Waals surface area (Å²) in [5.74, 6) is -1.18. The first kappa shape index (κ1) is 15.0. The van der Waals surface area contributed by atoms with E-state index in [1.165, 1.54) is 31.7 Å². The molecule has 1 fully saturated rings. The quantitative estimate of drug-likeness (QED) is 0.843. The minimum atomic E-state index is -0.991. The van der Waals surface area contributed by atoms with E-state index in [1.807, 2.05) is 0 Å². The average molecular weight is 296 g/mol. The zero-order chi connectivity index (χ0) is 14.5. The number of nitrogens with zero attached hydrogens (tertiary/aromatic N) is 1. The summed E-state index contributed by atoms with van der Waals surface area (Å²) in [6, 6.07) is 3.67. The summed E-state index contributed by atoms with van der Waals surface area (Å²) in [5, 5.41) is 11.7. The molecule has 0 aromatic carbocycles. The molecule has 1 aromatic heterocycles. The van der Waals surface area contributed by atoms with Gasteiger partial charge < -0.3 is 15.3 Å². The zero-order valence-electron chi connectivity index (χ0n) is 11.6. The lowest BCUT2D eigenvalue weighted by atomic mass is 10.2. The van der Waals surface area contributed by atoms with E-state index in [0.717, 1.165) is 17.9 Å². The Bertz CT molecular complexity index is 481. The molecule has 1 aromatic rings. The van der Waals surface area contributed by atoms with E-state index < -0.39 is 5.97 Å². The van der Waals surface area contributed by atoms with Gasteiger partial charge in [0.1, 0.15) is 4.88 Å². The van der Waals surface area contributed by atoms with Gasteiger partial charge in [-0.3, -0.25) is 4.79 Å². The minimum absolute atomic E-state index is 0.192. The van der Waals surface area contributed by atoms with Crippen LogP contribution < -0.4 is 5.32 Å². The van der Waals surface area contributed by atoms with E-state index >= 15 is 0 Å². The molecule has 1 aliphatic rings. The lowest BCUT2D eigenvalue weighted by Gasteiger charge is -2.23. The van der Waals surface area contributed by atoms with E-state index in [-0.39, 0.29) is 10.8 Å². The van der Waals surface area contributed by atoms with Gasteiger partial charge in [-0.05, 0) is 32.0 Å². The van der Waals surface area contributed by atoms with E-state index in [4.69, 9.17) is 5.11 Å².